The number of carbonyl (C=O) groups is 1. The highest BCUT2D eigenvalue weighted by molar-refractivity contribution is 9.11. The van der Waals surface area contributed by atoms with Gasteiger partial charge in [-0.1, -0.05) is 23.7 Å². The molecule has 0 aliphatic carbocycles. The van der Waals surface area contributed by atoms with Crippen molar-refractivity contribution in [1.82, 2.24) is 4.90 Å². The summed E-state index contributed by atoms with van der Waals surface area (Å²) in [4.78, 5) is 15.4. The lowest BCUT2D eigenvalue weighted by molar-refractivity contribution is 0.0740. The fourth-order valence-electron chi connectivity index (χ4n) is 2.61. The van der Waals surface area contributed by atoms with Gasteiger partial charge in [-0.05, 0) is 58.6 Å². The number of likely N-dealkylation sites (tertiary alicyclic amines) is 1. The molecule has 1 atom stereocenters. The second kappa shape index (κ2) is 5.88. The van der Waals surface area contributed by atoms with Crippen LogP contribution >= 0.6 is 38.9 Å². The Morgan fingerprint density at radius 2 is 2.00 bits per heavy atom. The van der Waals surface area contributed by atoms with E-state index in [0.717, 1.165) is 38.6 Å². The van der Waals surface area contributed by atoms with E-state index in [-0.39, 0.29) is 11.9 Å². The molecule has 0 unspecified atom stereocenters. The van der Waals surface area contributed by atoms with Gasteiger partial charge in [-0.15, -0.1) is 11.3 Å². The van der Waals surface area contributed by atoms with E-state index in [4.69, 9.17) is 11.6 Å². The third-order valence-corrected chi connectivity index (χ3v) is 5.42. The Morgan fingerprint density at radius 1 is 1.25 bits per heavy atom. The lowest BCUT2D eigenvalue weighted by Crippen LogP contribution is -2.29. The van der Waals surface area contributed by atoms with Crippen LogP contribution in [0.3, 0.4) is 0 Å². The van der Waals surface area contributed by atoms with Gasteiger partial charge in [0.05, 0.1) is 14.7 Å². The first kappa shape index (κ1) is 14.1. The highest BCUT2D eigenvalue weighted by atomic mass is 79.9. The molecule has 1 aliphatic rings. The number of halogens is 2. The molecule has 104 valence electrons. The van der Waals surface area contributed by atoms with E-state index in [0.29, 0.717) is 0 Å². The third-order valence-electron chi connectivity index (χ3n) is 3.55. The Labute approximate surface area is 135 Å². The number of hydrogen-bond acceptors (Lipinski definition) is 2. The van der Waals surface area contributed by atoms with E-state index < -0.39 is 0 Å². The fourth-order valence-corrected chi connectivity index (χ4v) is 4.08. The molecule has 1 aromatic carbocycles. The van der Waals surface area contributed by atoms with Gasteiger partial charge < -0.3 is 4.90 Å². The number of hydrogen-bond donors (Lipinski definition) is 0. The second-order valence-electron chi connectivity index (χ2n) is 4.81. The van der Waals surface area contributed by atoms with Gasteiger partial charge >= 0.3 is 0 Å². The Kier molecular flexibility index (Phi) is 4.15. The zero-order valence-corrected chi connectivity index (χ0v) is 13.8. The first-order valence-electron chi connectivity index (χ1n) is 6.47. The molecule has 1 aliphatic heterocycles. The van der Waals surface area contributed by atoms with Crippen LogP contribution in [0.5, 0.6) is 0 Å². The lowest BCUT2D eigenvalue weighted by Gasteiger charge is -2.24. The third kappa shape index (κ3) is 2.78. The van der Waals surface area contributed by atoms with Crippen molar-refractivity contribution in [2.75, 3.05) is 6.54 Å². The van der Waals surface area contributed by atoms with Crippen molar-refractivity contribution >= 4 is 44.8 Å². The molecule has 0 radical (unpaired) electrons. The van der Waals surface area contributed by atoms with Gasteiger partial charge in [-0.2, -0.15) is 0 Å². The molecular formula is C15H13BrClNOS. The monoisotopic (exact) mass is 369 g/mol. The summed E-state index contributed by atoms with van der Waals surface area (Å²) in [6, 6.07) is 11.8. The Morgan fingerprint density at radius 3 is 2.65 bits per heavy atom. The van der Waals surface area contributed by atoms with Gasteiger partial charge in [0.15, 0.2) is 0 Å². The van der Waals surface area contributed by atoms with Crippen LogP contribution in [0, 0.1) is 0 Å². The maximum Gasteiger partial charge on any atom is 0.264 e. The average Bonchev–Trinajstić information content (AvgIpc) is 3.07. The topological polar surface area (TPSA) is 20.3 Å². The summed E-state index contributed by atoms with van der Waals surface area (Å²) in [7, 11) is 0. The number of amides is 1. The molecule has 0 bridgehead atoms. The molecule has 1 fully saturated rings. The molecule has 0 saturated carbocycles. The molecule has 1 aromatic heterocycles. The number of benzene rings is 1. The molecule has 3 rings (SSSR count). The van der Waals surface area contributed by atoms with Crippen molar-refractivity contribution in [1.29, 1.82) is 0 Å². The molecule has 5 heteroatoms. The Bertz CT molecular complexity index is 625. The minimum absolute atomic E-state index is 0.123. The van der Waals surface area contributed by atoms with E-state index in [1.54, 1.807) is 0 Å². The van der Waals surface area contributed by atoms with Gasteiger partial charge in [0, 0.05) is 11.6 Å². The summed E-state index contributed by atoms with van der Waals surface area (Å²) in [6.07, 6.45) is 2.06. The number of rotatable bonds is 2. The molecule has 1 amide bonds. The van der Waals surface area contributed by atoms with Crippen LogP contribution in [0.2, 0.25) is 5.02 Å². The summed E-state index contributed by atoms with van der Waals surface area (Å²) in [5.41, 5.74) is 1.16. The lowest BCUT2D eigenvalue weighted by atomic mass is 10.0. The number of nitrogens with zero attached hydrogens (tertiary/aromatic N) is 1. The molecule has 2 heterocycles. The maximum atomic E-state index is 12.6. The minimum atomic E-state index is 0.123. The van der Waals surface area contributed by atoms with Gasteiger partial charge in [0.25, 0.3) is 5.91 Å². The smallest absolute Gasteiger partial charge is 0.264 e. The molecule has 1 saturated heterocycles. The van der Waals surface area contributed by atoms with Crippen molar-refractivity contribution in [3.63, 3.8) is 0 Å². The molecular weight excluding hydrogens is 358 g/mol. The largest absolute Gasteiger partial charge is 0.331 e. The van der Waals surface area contributed by atoms with E-state index in [2.05, 4.69) is 15.9 Å². The zero-order valence-electron chi connectivity index (χ0n) is 10.7. The number of carbonyl (C=O) groups excluding carboxylic acids is 1. The fraction of sp³-hybridized carbons (Fsp3) is 0.267. The van der Waals surface area contributed by atoms with E-state index >= 15 is 0 Å². The van der Waals surface area contributed by atoms with Crippen LogP contribution in [0.15, 0.2) is 40.2 Å². The summed E-state index contributed by atoms with van der Waals surface area (Å²) in [6.45, 7) is 0.821. The van der Waals surface area contributed by atoms with Crippen LogP contribution in [-0.2, 0) is 0 Å². The number of thiophene rings is 1. The molecule has 0 spiro atoms. The Balaban J connectivity index is 1.85. The second-order valence-corrected chi connectivity index (χ2v) is 7.71. The van der Waals surface area contributed by atoms with Gasteiger partial charge in [-0.25, -0.2) is 0 Å². The molecule has 0 N–H and O–H groups in total. The van der Waals surface area contributed by atoms with Crippen LogP contribution < -0.4 is 0 Å². The predicted molar refractivity (Wildman–Crippen MR) is 86.5 cm³/mol. The maximum absolute atomic E-state index is 12.6. The highest BCUT2D eigenvalue weighted by Gasteiger charge is 2.31. The van der Waals surface area contributed by atoms with Crippen LogP contribution in [-0.4, -0.2) is 17.4 Å². The quantitative estimate of drug-likeness (QED) is 0.716. The summed E-state index contributed by atoms with van der Waals surface area (Å²) < 4.78 is 0.989. The van der Waals surface area contributed by atoms with E-state index in [1.807, 2.05) is 41.3 Å². The molecule has 20 heavy (non-hydrogen) atoms. The predicted octanol–water partition coefficient (Wildman–Crippen LogP) is 5.14. The molecule has 2 aromatic rings. The Hall–Kier alpha value is -0.840. The van der Waals surface area contributed by atoms with Crippen molar-refractivity contribution in [2.24, 2.45) is 0 Å². The normalized spacial score (nSPS) is 18.5. The first-order valence-corrected chi connectivity index (χ1v) is 8.45. The van der Waals surface area contributed by atoms with Gasteiger partial charge in [0.1, 0.15) is 0 Å². The van der Waals surface area contributed by atoms with E-state index in [1.165, 1.54) is 11.3 Å². The zero-order chi connectivity index (χ0) is 14.1. The van der Waals surface area contributed by atoms with Crippen molar-refractivity contribution in [3.05, 3.63) is 55.6 Å². The van der Waals surface area contributed by atoms with Crippen LogP contribution in [0.25, 0.3) is 0 Å². The van der Waals surface area contributed by atoms with Crippen LogP contribution in [0.4, 0.5) is 0 Å². The standard InChI is InChI=1S/C15H13BrClNOS/c16-14-8-7-13(20-14)15(19)18-9-1-2-12(18)10-3-5-11(17)6-4-10/h3-8,12H,1-2,9H2/t12-/m1/s1. The highest BCUT2D eigenvalue weighted by Crippen LogP contribution is 2.35. The minimum Gasteiger partial charge on any atom is -0.331 e. The summed E-state index contributed by atoms with van der Waals surface area (Å²) in [5, 5.41) is 0.729. The van der Waals surface area contributed by atoms with Crippen LogP contribution in [0.1, 0.15) is 34.1 Å². The summed E-state index contributed by atoms with van der Waals surface area (Å²) in [5.74, 6) is 0.123. The van der Waals surface area contributed by atoms with Crippen molar-refractivity contribution < 1.29 is 4.79 Å². The SMILES string of the molecule is O=C(c1ccc(Br)s1)N1CCC[C@@H]1c1ccc(Cl)cc1. The van der Waals surface area contributed by atoms with Gasteiger partial charge in [-0.3, -0.25) is 4.79 Å². The van der Waals surface area contributed by atoms with E-state index in [9.17, 15) is 4.79 Å². The first-order chi connectivity index (χ1) is 9.65. The van der Waals surface area contributed by atoms with Crippen molar-refractivity contribution in [2.45, 2.75) is 18.9 Å². The molecule has 2 nitrogen and oxygen atoms in total. The van der Waals surface area contributed by atoms with Crippen molar-refractivity contribution in [3.8, 4) is 0 Å². The summed E-state index contributed by atoms with van der Waals surface area (Å²) >= 11 is 10.8. The van der Waals surface area contributed by atoms with Gasteiger partial charge in [0.2, 0.25) is 0 Å². The average molecular weight is 371 g/mol.